The van der Waals surface area contributed by atoms with Gasteiger partial charge in [-0.3, -0.25) is 4.79 Å². The maximum Gasteiger partial charge on any atom is 0.305 e. The van der Waals surface area contributed by atoms with Gasteiger partial charge in [0.1, 0.15) is 0 Å². The molecule has 1 aliphatic carbocycles. The van der Waals surface area contributed by atoms with Crippen molar-refractivity contribution < 1.29 is 18.3 Å². The summed E-state index contributed by atoms with van der Waals surface area (Å²) in [6.45, 7) is 4.14. The smallest absolute Gasteiger partial charge is 0.305 e. The molecule has 0 bridgehead atoms. The summed E-state index contributed by atoms with van der Waals surface area (Å²) >= 11 is 0. The van der Waals surface area contributed by atoms with Gasteiger partial charge in [-0.2, -0.15) is 0 Å². The summed E-state index contributed by atoms with van der Waals surface area (Å²) in [5.74, 6) is -2.21. The first kappa shape index (κ1) is 20.1. The molecule has 0 spiro atoms. The molecule has 3 atom stereocenters. The predicted molar refractivity (Wildman–Crippen MR) is 105 cm³/mol. The first-order valence-electron chi connectivity index (χ1n) is 9.52. The van der Waals surface area contributed by atoms with Gasteiger partial charge in [0.25, 0.3) is 0 Å². The first-order valence-corrected chi connectivity index (χ1v) is 9.52. The zero-order chi connectivity index (χ0) is 20.1. The van der Waals surface area contributed by atoms with E-state index >= 15 is 0 Å². The second-order valence-corrected chi connectivity index (χ2v) is 7.27. The highest BCUT2D eigenvalue weighted by Gasteiger charge is 2.36. The number of ether oxygens (including phenoxy) is 1. The van der Waals surface area contributed by atoms with Gasteiger partial charge < -0.3 is 10.1 Å². The molecule has 0 aliphatic heterocycles. The van der Waals surface area contributed by atoms with Crippen LogP contribution in [0.1, 0.15) is 42.7 Å². The summed E-state index contributed by atoms with van der Waals surface area (Å²) < 4.78 is 32.3. The number of halogens is 2. The van der Waals surface area contributed by atoms with Crippen LogP contribution in [-0.4, -0.2) is 19.1 Å². The number of esters is 1. The van der Waals surface area contributed by atoms with Gasteiger partial charge in [-0.1, -0.05) is 49.4 Å². The molecule has 148 valence electrons. The molecule has 1 saturated carbocycles. The summed E-state index contributed by atoms with van der Waals surface area (Å²) in [5.41, 5.74) is 2.43. The van der Waals surface area contributed by atoms with Gasteiger partial charge in [0.05, 0.1) is 7.11 Å². The van der Waals surface area contributed by atoms with Gasteiger partial charge in [-0.25, -0.2) is 8.78 Å². The van der Waals surface area contributed by atoms with Crippen LogP contribution in [0.3, 0.4) is 0 Å². The molecule has 1 N–H and O–H groups in total. The SMILES string of the molecule is C=C(NC1CCCC(CC(=O)OC)C1c1ccc(F)c(F)c1)c1ccccc1. The monoisotopic (exact) mass is 385 g/mol. The average molecular weight is 385 g/mol. The Morgan fingerprint density at radius 1 is 1.14 bits per heavy atom. The van der Waals surface area contributed by atoms with Crippen LogP contribution in [0.15, 0.2) is 55.1 Å². The van der Waals surface area contributed by atoms with Crippen LogP contribution in [0.5, 0.6) is 0 Å². The number of rotatable bonds is 6. The van der Waals surface area contributed by atoms with Crippen LogP contribution in [0.4, 0.5) is 8.78 Å². The van der Waals surface area contributed by atoms with E-state index in [2.05, 4.69) is 11.9 Å². The zero-order valence-electron chi connectivity index (χ0n) is 16.0. The van der Waals surface area contributed by atoms with E-state index in [-0.39, 0.29) is 30.3 Å². The normalized spacial score (nSPS) is 21.8. The molecule has 2 aromatic rings. The fourth-order valence-corrected chi connectivity index (χ4v) is 4.15. The Bertz CT molecular complexity index is 838. The molecule has 3 rings (SSSR count). The van der Waals surface area contributed by atoms with E-state index in [0.29, 0.717) is 5.56 Å². The third kappa shape index (κ3) is 4.58. The molecule has 1 fully saturated rings. The maximum atomic E-state index is 13.9. The molecule has 0 amide bonds. The lowest BCUT2D eigenvalue weighted by Gasteiger charge is -2.39. The van der Waals surface area contributed by atoms with Gasteiger partial charge in [0.15, 0.2) is 11.6 Å². The van der Waals surface area contributed by atoms with Gasteiger partial charge >= 0.3 is 5.97 Å². The third-order valence-electron chi connectivity index (χ3n) is 5.50. The number of nitrogens with one attached hydrogen (secondary N) is 1. The molecule has 3 nitrogen and oxygen atoms in total. The molecular weight excluding hydrogens is 360 g/mol. The maximum absolute atomic E-state index is 13.9. The Morgan fingerprint density at radius 2 is 1.89 bits per heavy atom. The molecule has 2 aromatic carbocycles. The molecular formula is C23H25F2NO2. The molecule has 3 unspecified atom stereocenters. The van der Waals surface area contributed by atoms with E-state index in [9.17, 15) is 13.6 Å². The van der Waals surface area contributed by atoms with Crippen molar-refractivity contribution in [3.63, 3.8) is 0 Å². The van der Waals surface area contributed by atoms with Crippen LogP contribution in [0.2, 0.25) is 0 Å². The third-order valence-corrected chi connectivity index (χ3v) is 5.50. The van der Waals surface area contributed by atoms with Crippen molar-refractivity contribution in [3.8, 4) is 0 Å². The largest absolute Gasteiger partial charge is 0.469 e. The highest BCUT2D eigenvalue weighted by molar-refractivity contribution is 5.69. The fourth-order valence-electron chi connectivity index (χ4n) is 4.15. The van der Waals surface area contributed by atoms with Crippen molar-refractivity contribution in [3.05, 3.63) is 77.9 Å². The van der Waals surface area contributed by atoms with Crippen molar-refractivity contribution in [1.29, 1.82) is 0 Å². The van der Waals surface area contributed by atoms with E-state index in [1.807, 2.05) is 30.3 Å². The van der Waals surface area contributed by atoms with Crippen molar-refractivity contribution in [2.75, 3.05) is 7.11 Å². The highest BCUT2D eigenvalue weighted by Crippen LogP contribution is 2.41. The Hall–Kier alpha value is -2.69. The van der Waals surface area contributed by atoms with E-state index in [1.165, 1.54) is 13.2 Å². The average Bonchev–Trinajstić information content (AvgIpc) is 2.71. The summed E-state index contributed by atoms with van der Waals surface area (Å²) in [5, 5.41) is 3.48. The number of methoxy groups -OCH3 is 1. The minimum absolute atomic E-state index is 0.0212. The molecule has 5 heteroatoms. The first-order chi connectivity index (χ1) is 13.5. The van der Waals surface area contributed by atoms with E-state index < -0.39 is 11.6 Å². The van der Waals surface area contributed by atoms with Crippen molar-refractivity contribution in [2.24, 2.45) is 5.92 Å². The molecule has 1 aliphatic rings. The topological polar surface area (TPSA) is 38.3 Å². The second-order valence-electron chi connectivity index (χ2n) is 7.27. The molecule has 0 saturated heterocycles. The summed E-state index contributed by atoms with van der Waals surface area (Å²) in [6.07, 6.45) is 2.86. The van der Waals surface area contributed by atoms with Gasteiger partial charge in [0, 0.05) is 24.1 Å². The lowest BCUT2D eigenvalue weighted by atomic mass is 9.71. The van der Waals surface area contributed by atoms with Crippen molar-refractivity contribution in [1.82, 2.24) is 5.32 Å². The molecule has 0 radical (unpaired) electrons. The Balaban J connectivity index is 1.90. The minimum atomic E-state index is -0.875. The Kier molecular flexibility index (Phi) is 6.45. The quantitative estimate of drug-likeness (QED) is 0.708. The number of carbonyl (C=O) groups excluding carboxylic acids is 1. The second kappa shape index (κ2) is 9.00. The predicted octanol–water partition coefficient (Wildman–Crippen LogP) is 5.04. The minimum Gasteiger partial charge on any atom is -0.469 e. The zero-order valence-corrected chi connectivity index (χ0v) is 16.0. The lowest BCUT2D eigenvalue weighted by Crippen LogP contribution is -2.41. The number of hydrogen-bond donors (Lipinski definition) is 1. The summed E-state index contributed by atoms with van der Waals surface area (Å²) in [7, 11) is 1.37. The van der Waals surface area contributed by atoms with Crippen LogP contribution < -0.4 is 5.32 Å². The Morgan fingerprint density at radius 3 is 2.57 bits per heavy atom. The van der Waals surface area contributed by atoms with Crippen LogP contribution in [0, 0.1) is 17.6 Å². The molecule has 0 heterocycles. The standard InChI is InChI=1S/C23H25F2NO2/c1-15(16-7-4-3-5-8-16)26-21-10-6-9-17(14-22(27)28-2)23(21)18-11-12-19(24)20(25)13-18/h3-5,7-8,11-13,17,21,23,26H,1,6,9-10,14H2,2H3. The lowest BCUT2D eigenvalue weighted by molar-refractivity contribution is -0.142. The van der Waals surface area contributed by atoms with Crippen molar-refractivity contribution >= 4 is 11.7 Å². The number of carbonyl (C=O) groups is 1. The van der Waals surface area contributed by atoms with E-state index in [0.717, 1.165) is 36.6 Å². The fraction of sp³-hybridized carbons (Fsp3) is 0.348. The van der Waals surface area contributed by atoms with Gasteiger partial charge in [-0.15, -0.1) is 0 Å². The molecule has 0 aromatic heterocycles. The van der Waals surface area contributed by atoms with E-state index in [1.54, 1.807) is 6.07 Å². The molecule has 28 heavy (non-hydrogen) atoms. The van der Waals surface area contributed by atoms with E-state index in [4.69, 9.17) is 4.74 Å². The summed E-state index contributed by atoms with van der Waals surface area (Å²) in [4.78, 5) is 11.9. The van der Waals surface area contributed by atoms with Gasteiger partial charge in [0.2, 0.25) is 0 Å². The Labute approximate surface area is 164 Å². The highest BCUT2D eigenvalue weighted by atomic mass is 19.2. The van der Waals surface area contributed by atoms with Crippen molar-refractivity contribution in [2.45, 2.75) is 37.6 Å². The van der Waals surface area contributed by atoms with Gasteiger partial charge in [-0.05, 0) is 42.0 Å². The number of hydrogen-bond acceptors (Lipinski definition) is 3. The van der Waals surface area contributed by atoms with Crippen LogP contribution in [-0.2, 0) is 9.53 Å². The summed E-state index contributed by atoms with van der Waals surface area (Å²) in [6, 6.07) is 13.7. The number of benzene rings is 2. The van der Waals surface area contributed by atoms with Crippen LogP contribution >= 0.6 is 0 Å². The van der Waals surface area contributed by atoms with Crippen LogP contribution in [0.25, 0.3) is 5.70 Å².